The third-order valence-electron chi connectivity index (χ3n) is 5.94. The van der Waals surface area contributed by atoms with Crippen LogP contribution in [0.25, 0.3) is 11.0 Å². The molecule has 0 aliphatic carbocycles. The normalized spacial score (nSPS) is 15.9. The second-order valence-corrected chi connectivity index (χ2v) is 8.43. The van der Waals surface area contributed by atoms with E-state index in [0.717, 1.165) is 22.5 Å². The van der Waals surface area contributed by atoms with E-state index in [0.29, 0.717) is 42.6 Å². The third-order valence-corrected chi connectivity index (χ3v) is 6.17. The molecule has 2 heterocycles. The van der Waals surface area contributed by atoms with E-state index < -0.39 is 0 Å². The zero-order valence-electron chi connectivity index (χ0n) is 18.3. The summed E-state index contributed by atoms with van der Waals surface area (Å²) in [7, 11) is 1.63. The summed E-state index contributed by atoms with van der Waals surface area (Å²) >= 11 is 6.16. The average Bonchev–Trinajstić information content (AvgIpc) is 3.40. The van der Waals surface area contributed by atoms with Crippen LogP contribution in [0, 0.1) is 0 Å². The van der Waals surface area contributed by atoms with Crippen molar-refractivity contribution < 1.29 is 14.3 Å². The van der Waals surface area contributed by atoms with Crippen LogP contribution < -0.4 is 14.4 Å². The number of fused-ring (bicyclic) bond motifs is 1. The predicted octanol–water partition coefficient (Wildman–Crippen LogP) is 5.30. The Morgan fingerprint density at radius 2 is 1.82 bits per heavy atom. The SMILES string of the molecule is COc1ccccc1OCCn1c(C2CC(=O)N(c3cccc(Cl)c3)C2)nc2ccccc21. The minimum Gasteiger partial charge on any atom is -0.493 e. The monoisotopic (exact) mass is 461 g/mol. The zero-order chi connectivity index (χ0) is 22.8. The maximum Gasteiger partial charge on any atom is 0.227 e. The van der Waals surface area contributed by atoms with E-state index in [9.17, 15) is 4.79 Å². The Hall–Kier alpha value is -3.51. The van der Waals surface area contributed by atoms with E-state index in [1.165, 1.54) is 0 Å². The largest absolute Gasteiger partial charge is 0.493 e. The van der Waals surface area contributed by atoms with Crippen molar-refractivity contribution >= 4 is 34.2 Å². The summed E-state index contributed by atoms with van der Waals surface area (Å²) in [5, 5.41) is 0.615. The maximum atomic E-state index is 12.9. The molecular formula is C26H24ClN3O3. The second kappa shape index (κ2) is 9.16. The van der Waals surface area contributed by atoms with Crippen molar-refractivity contribution in [3.8, 4) is 11.5 Å². The molecule has 1 aromatic heterocycles. The van der Waals surface area contributed by atoms with Crippen molar-refractivity contribution in [2.45, 2.75) is 18.9 Å². The van der Waals surface area contributed by atoms with Gasteiger partial charge in [0.05, 0.1) is 24.7 Å². The Balaban J connectivity index is 1.41. The van der Waals surface area contributed by atoms with Crippen LogP contribution in [0.15, 0.2) is 72.8 Å². The van der Waals surface area contributed by atoms with E-state index in [1.807, 2.05) is 66.7 Å². The number of amides is 1. The molecular weight excluding hydrogens is 438 g/mol. The number of ether oxygens (including phenoxy) is 2. The van der Waals surface area contributed by atoms with Crippen molar-refractivity contribution in [3.63, 3.8) is 0 Å². The molecule has 5 rings (SSSR count). The van der Waals surface area contributed by atoms with Gasteiger partial charge in [0.2, 0.25) is 5.91 Å². The number of carbonyl (C=O) groups is 1. The molecule has 1 saturated heterocycles. The van der Waals surface area contributed by atoms with Crippen LogP contribution in [0.4, 0.5) is 5.69 Å². The summed E-state index contributed by atoms with van der Waals surface area (Å²) in [6.45, 7) is 1.62. The molecule has 3 aromatic carbocycles. The molecule has 7 heteroatoms. The number of anilines is 1. The van der Waals surface area contributed by atoms with E-state index in [1.54, 1.807) is 12.0 Å². The fourth-order valence-electron chi connectivity index (χ4n) is 4.40. The Morgan fingerprint density at radius 3 is 2.64 bits per heavy atom. The van der Waals surface area contributed by atoms with Crippen molar-refractivity contribution in [3.05, 3.63) is 83.6 Å². The lowest BCUT2D eigenvalue weighted by Gasteiger charge is -2.18. The standard InChI is InChI=1S/C26H24ClN3O3/c1-32-23-11-4-5-12-24(23)33-14-13-29-22-10-3-2-9-21(22)28-26(29)18-15-25(31)30(17-18)20-8-6-7-19(27)16-20/h2-12,16,18H,13-15,17H2,1H3. The van der Waals surface area contributed by atoms with Gasteiger partial charge in [0.1, 0.15) is 12.4 Å². The first-order valence-corrected chi connectivity index (χ1v) is 11.3. The number of benzene rings is 3. The number of aromatic nitrogens is 2. The van der Waals surface area contributed by atoms with E-state index in [4.69, 9.17) is 26.1 Å². The van der Waals surface area contributed by atoms with Gasteiger partial charge in [0.15, 0.2) is 11.5 Å². The number of rotatable bonds is 7. The minimum atomic E-state index is -0.0184. The summed E-state index contributed by atoms with van der Waals surface area (Å²) in [5.74, 6) is 2.36. The van der Waals surface area contributed by atoms with Crippen LogP contribution in [0.2, 0.25) is 5.02 Å². The predicted molar refractivity (Wildman–Crippen MR) is 129 cm³/mol. The van der Waals surface area contributed by atoms with Crippen molar-refractivity contribution in [1.82, 2.24) is 9.55 Å². The van der Waals surface area contributed by atoms with Gasteiger partial charge in [-0.2, -0.15) is 0 Å². The molecule has 1 atom stereocenters. The Morgan fingerprint density at radius 1 is 1.03 bits per heavy atom. The van der Waals surface area contributed by atoms with Crippen molar-refractivity contribution in [2.24, 2.45) is 0 Å². The van der Waals surface area contributed by atoms with Gasteiger partial charge in [-0.25, -0.2) is 4.98 Å². The molecule has 1 aliphatic heterocycles. The van der Waals surface area contributed by atoms with Crippen molar-refractivity contribution in [2.75, 3.05) is 25.2 Å². The minimum absolute atomic E-state index is 0.0184. The molecule has 33 heavy (non-hydrogen) atoms. The van der Waals surface area contributed by atoms with Crippen LogP contribution in [-0.4, -0.2) is 35.7 Å². The highest BCUT2D eigenvalue weighted by Gasteiger charge is 2.34. The molecule has 1 aliphatic rings. The quantitative estimate of drug-likeness (QED) is 0.375. The number of hydrogen-bond donors (Lipinski definition) is 0. The van der Waals surface area contributed by atoms with Gasteiger partial charge >= 0.3 is 0 Å². The highest BCUT2D eigenvalue weighted by molar-refractivity contribution is 6.30. The lowest BCUT2D eigenvalue weighted by Crippen LogP contribution is -2.24. The molecule has 1 fully saturated rings. The van der Waals surface area contributed by atoms with Crippen molar-refractivity contribution in [1.29, 1.82) is 0 Å². The van der Waals surface area contributed by atoms with Gasteiger partial charge in [0, 0.05) is 29.6 Å². The number of methoxy groups -OCH3 is 1. The molecule has 0 N–H and O–H groups in total. The Bertz CT molecular complexity index is 1300. The van der Waals surface area contributed by atoms with Crippen LogP contribution in [0.1, 0.15) is 18.2 Å². The first-order valence-electron chi connectivity index (χ1n) is 10.9. The van der Waals surface area contributed by atoms with Gasteiger partial charge in [-0.3, -0.25) is 4.79 Å². The maximum absolute atomic E-state index is 12.9. The lowest BCUT2D eigenvalue weighted by atomic mass is 10.1. The highest BCUT2D eigenvalue weighted by Crippen LogP contribution is 2.34. The molecule has 0 radical (unpaired) electrons. The van der Waals surface area contributed by atoms with Crippen LogP contribution in [0.5, 0.6) is 11.5 Å². The second-order valence-electron chi connectivity index (χ2n) is 7.99. The number of carbonyl (C=O) groups excluding carboxylic acids is 1. The van der Waals surface area contributed by atoms with Gasteiger partial charge in [-0.15, -0.1) is 0 Å². The molecule has 1 unspecified atom stereocenters. The van der Waals surface area contributed by atoms with E-state index in [2.05, 4.69) is 10.6 Å². The van der Waals surface area contributed by atoms with Gasteiger partial charge in [-0.05, 0) is 42.5 Å². The smallest absolute Gasteiger partial charge is 0.227 e. The number of halogens is 1. The van der Waals surface area contributed by atoms with Crippen LogP contribution >= 0.6 is 11.6 Å². The summed E-state index contributed by atoms with van der Waals surface area (Å²) in [6.07, 6.45) is 0.406. The molecule has 6 nitrogen and oxygen atoms in total. The molecule has 1 amide bonds. The Kier molecular flexibility index (Phi) is 5.92. The summed E-state index contributed by atoms with van der Waals surface area (Å²) < 4.78 is 13.6. The third kappa shape index (κ3) is 4.26. The Labute approximate surface area is 197 Å². The number of nitrogens with zero attached hydrogens (tertiary/aromatic N) is 3. The molecule has 0 bridgehead atoms. The summed E-state index contributed by atoms with van der Waals surface area (Å²) in [4.78, 5) is 19.6. The molecule has 0 saturated carbocycles. The first-order chi connectivity index (χ1) is 16.1. The average molecular weight is 462 g/mol. The van der Waals surface area contributed by atoms with Crippen LogP contribution in [-0.2, 0) is 11.3 Å². The highest BCUT2D eigenvalue weighted by atomic mass is 35.5. The summed E-state index contributed by atoms with van der Waals surface area (Å²) in [5.41, 5.74) is 2.76. The fourth-order valence-corrected chi connectivity index (χ4v) is 4.58. The fraction of sp³-hybridized carbons (Fsp3) is 0.231. The van der Waals surface area contributed by atoms with Gasteiger partial charge < -0.3 is 18.9 Å². The first kappa shape index (κ1) is 21.3. The molecule has 4 aromatic rings. The van der Waals surface area contributed by atoms with Crippen LogP contribution in [0.3, 0.4) is 0 Å². The lowest BCUT2D eigenvalue weighted by molar-refractivity contribution is -0.117. The van der Waals surface area contributed by atoms with Gasteiger partial charge in [0.25, 0.3) is 0 Å². The number of hydrogen-bond acceptors (Lipinski definition) is 4. The number of imidazole rings is 1. The summed E-state index contributed by atoms with van der Waals surface area (Å²) in [6, 6.07) is 23.1. The molecule has 168 valence electrons. The zero-order valence-corrected chi connectivity index (χ0v) is 19.0. The van der Waals surface area contributed by atoms with E-state index in [-0.39, 0.29) is 11.8 Å². The molecule has 0 spiro atoms. The van der Waals surface area contributed by atoms with E-state index >= 15 is 0 Å². The number of para-hydroxylation sites is 4. The van der Waals surface area contributed by atoms with Gasteiger partial charge in [-0.1, -0.05) is 41.9 Å². The topological polar surface area (TPSA) is 56.6 Å².